The largest absolute Gasteiger partial charge is 0.338 e. The Labute approximate surface area is 167 Å². The van der Waals surface area contributed by atoms with Gasteiger partial charge in [-0.05, 0) is 31.0 Å². The third-order valence-corrected chi connectivity index (χ3v) is 5.81. The summed E-state index contributed by atoms with van der Waals surface area (Å²) in [4.78, 5) is 28.5. The molecule has 4 rings (SSSR count). The molecule has 1 aliphatic carbocycles. The molecule has 1 saturated carbocycles. The Kier molecular flexibility index (Phi) is 6.17. The highest BCUT2D eigenvalue weighted by Crippen LogP contribution is 2.27. The van der Waals surface area contributed by atoms with Crippen molar-refractivity contribution in [2.75, 3.05) is 42.5 Å². The molecule has 28 heavy (non-hydrogen) atoms. The lowest BCUT2D eigenvalue weighted by Crippen LogP contribution is -2.52. The molecule has 0 bridgehead atoms. The van der Waals surface area contributed by atoms with Crippen LogP contribution in [0.2, 0.25) is 0 Å². The van der Waals surface area contributed by atoms with Gasteiger partial charge in [-0.1, -0.05) is 37.5 Å². The molecule has 148 valence electrons. The number of carbonyl (C=O) groups is 1. The normalized spacial score (nSPS) is 18.8. The second-order valence-electron chi connectivity index (χ2n) is 7.70. The lowest BCUT2D eigenvalue weighted by molar-refractivity contribution is -0.120. The van der Waals surface area contributed by atoms with Crippen molar-refractivity contribution in [2.24, 2.45) is 0 Å². The van der Waals surface area contributed by atoms with Crippen molar-refractivity contribution < 1.29 is 4.79 Å². The van der Waals surface area contributed by atoms with Gasteiger partial charge in [0.25, 0.3) is 0 Å². The van der Waals surface area contributed by atoms with Gasteiger partial charge in [-0.25, -0.2) is 9.97 Å². The summed E-state index contributed by atoms with van der Waals surface area (Å²) in [5, 5.41) is 0. The summed E-state index contributed by atoms with van der Waals surface area (Å²) in [5.41, 5.74) is 1.04. The van der Waals surface area contributed by atoms with Crippen molar-refractivity contribution in [3.05, 3.63) is 48.8 Å². The molecule has 1 aromatic carbocycles. The molecule has 1 aromatic heterocycles. The Balaban J connectivity index is 1.39. The third kappa shape index (κ3) is 4.50. The molecule has 6 heteroatoms. The van der Waals surface area contributed by atoms with Crippen LogP contribution in [0.5, 0.6) is 0 Å². The summed E-state index contributed by atoms with van der Waals surface area (Å²) in [6.45, 7) is 3.90. The Morgan fingerprint density at radius 2 is 1.61 bits per heavy atom. The van der Waals surface area contributed by atoms with Crippen LogP contribution in [0.25, 0.3) is 0 Å². The first-order chi connectivity index (χ1) is 13.8. The maximum atomic E-state index is 13.3. The number of carbonyl (C=O) groups excluding carboxylic acids is 1. The highest BCUT2D eigenvalue weighted by Gasteiger charge is 2.29. The maximum Gasteiger partial charge on any atom is 0.241 e. The van der Waals surface area contributed by atoms with Gasteiger partial charge >= 0.3 is 0 Å². The van der Waals surface area contributed by atoms with E-state index in [1.54, 1.807) is 12.4 Å². The minimum absolute atomic E-state index is 0.225. The summed E-state index contributed by atoms with van der Waals surface area (Å²) in [5.74, 6) is 1.00. The number of hydrogen-bond acceptors (Lipinski definition) is 5. The van der Waals surface area contributed by atoms with E-state index in [1.165, 1.54) is 19.3 Å². The second kappa shape index (κ2) is 9.15. The molecular formula is C22H29N5O. The number of piperazine rings is 1. The lowest BCUT2D eigenvalue weighted by atomic mass is 9.93. The molecule has 2 aromatic rings. The van der Waals surface area contributed by atoms with Gasteiger partial charge in [0.15, 0.2) is 0 Å². The average molecular weight is 380 g/mol. The summed E-state index contributed by atoms with van der Waals surface area (Å²) < 4.78 is 0. The zero-order valence-electron chi connectivity index (χ0n) is 16.4. The van der Waals surface area contributed by atoms with Gasteiger partial charge in [0.1, 0.15) is 0 Å². The van der Waals surface area contributed by atoms with Crippen LogP contribution >= 0.6 is 0 Å². The van der Waals surface area contributed by atoms with E-state index in [-0.39, 0.29) is 5.91 Å². The number of aromatic nitrogens is 2. The van der Waals surface area contributed by atoms with Crippen LogP contribution in [0.3, 0.4) is 0 Å². The van der Waals surface area contributed by atoms with Crippen molar-refractivity contribution >= 4 is 17.5 Å². The molecule has 1 amide bonds. The van der Waals surface area contributed by atoms with E-state index in [4.69, 9.17) is 0 Å². The number of nitrogens with zero attached hydrogens (tertiary/aromatic N) is 5. The van der Waals surface area contributed by atoms with E-state index in [9.17, 15) is 4.79 Å². The Bertz CT molecular complexity index is 740. The van der Waals surface area contributed by atoms with Crippen molar-refractivity contribution in [1.29, 1.82) is 0 Å². The van der Waals surface area contributed by atoms with E-state index < -0.39 is 0 Å². The molecule has 0 unspecified atom stereocenters. The predicted molar refractivity (Wildman–Crippen MR) is 111 cm³/mol. The first kappa shape index (κ1) is 18.9. The molecule has 2 fully saturated rings. The molecule has 1 aliphatic heterocycles. The van der Waals surface area contributed by atoms with E-state index >= 15 is 0 Å². The third-order valence-electron chi connectivity index (χ3n) is 5.81. The lowest BCUT2D eigenvalue weighted by Gasteiger charge is -2.38. The van der Waals surface area contributed by atoms with Crippen LogP contribution < -0.4 is 9.80 Å². The van der Waals surface area contributed by atoms with Gasteiger partial charge in [0, 0.05) is 50.3 Å². The summed E-state index contributed by atoms with van der Waals surface area (Å²) >= 11 is 0. The number of hydrogen-bond donors (Lipinski definition) is 0. The summed E-state index contributed by atoms with van der Waals surface area (Å²) in [7, 11) is 0. The van der Waals surface area contributed by atoms with E-state index in [1.807, 2.05) is 24.3 Å². The fourth-order valence-electron chi connectivity index (χ4n) is 4.31. The minimum Gasteiger partial charge on any atom is -0.338 e. The van der Waals surface area contributed by atoms with E-state index in [2.05, 4.69) is 36.8 Å². The number of para-hydroxylation sites is 1. The fraction of sp³-hybridized carbons (Fsp3) is 0.500. The van der Waals surface area contributed by atoms with Crippen molar-refractivity contribution in [1.82, 2.24) is 14.9 Å². The molecule has 2 heterocycles. The second-order valence-corrected chi connectivity index (χ2v) is 7.70. The van der Waals surface area contributed by atoms with Crippen LogP contribution in [0, 0.1) is 0 Å². The predicted octanol–water partition coefficient (Wildman–Crippen LogP) is 2.96. The average Bonchev–Trinajstić information content (AvgIpc) is 2.77. The summed E-state index contributed by atoms with van der Waals surface area (Å²) in [6, 6.07) is 12.4. The van der Waals surface area contributed by atoms with Crippen LogP contribution in [0.1, 0.15) is 32.1 Å². The topological polar surface area (TPSA) is 52.6 Å². The Morgan fingerprint density at radius 1 is 0.929 bits per heavy atom. The van der Waals surface area contributed by atoms with Crippen LogP contribution in [-0.2, 0) is 4.79 Å². The first-order valence-corrected chi connectivity index (χ1v) is 10.4. The van der Waals surface area contributed by atoms with Crippen molar-refractivity contribution in [3.63, 3.8) is 0 Å². The fourth-order valence-corrected chi connectivity index (χ4v) is 4.31. The maximum absolute atomic E-state index is 13.3. The number of rotatable bonds is 5. The van der Waals surface area contributed by atoms with Gasteiger partial charge in [0.05, 0.1) is 6.54 Å². The van der Waals surface area contributed by atoms with Crippen molar-refractivity contribution in [2.45, 2.75) is 38.1 Å². The van der Waals surface area contributed by atoms with Gasteiger partial charge in [-0.15, -0.1) is 0 Å². The Morgan fingerprint density at radius 3 is 2.29 bits per heavy atom. The number of amides is 1. The zero-order valence-corrected chi connectivity index (χ0v) is 16.4. The number of anilines is 2. The standard InChI is InChI=1S/C22H29N5O/c28-21(18-25-14-16-26(17-15-25)22-23-12-7-13-24-22)27(19-8-3-1-4-9-19)20-10-5-2-6-11-20/h1,3-4,7-9,12-13,20H,2,5-6,10-11,14-18H2. The zero-order chi connectivity index (χ0) is 19.2. The van der Waals surface area contributed by atoms with E-state index in [0.29, 0.717) is 12.6 Å². The minimum atomic E-state index is 0.225. The molecule has 2 aliphatic rings. The summed E-state index contributed by atoms with van der Waals surface area (Å²) in [6.07, 6.45) is 9.50. The van der Waals surface area contributed by atoms with Crippen molar-refractivity contribution in [3.8, 4) is 0 Å². The molecule has 0 radical (unpaired) electrons. The molecule has 0 N–H and O–H groups in total. The van der Waals surface area contributed by atoms with Crippen LogP contribution in [-0.4, -0.2) is 59.5 Å². The van der Waals surface area contributed by atoms with Crippen LogP contribution in [0.4, 0.5) is 11.6 Å². The SMILES string of the molecule is O=C(CN1CCN(c2ncccn2)CC1)N(c1ccccc1)C1CCCCC1. The monoisotopic (exact) mass is 379 g/mol. The molecular weight excluding hydrogens is 350 g/mol. The highest BCUT2D eigenvalue weighted by atomic mass is 16.2. The van der Waals surface area contributed by atoms with Gasteiger partial charge < -0.3 is 9.80 Å². The van der Waals surface area contributed by atoms with Gasteiger partial charge in [-0.2, -0.15) is 0 Å². The van der Waals surface area contributed by atoms with Gasteiger partial charge in [0.2, 0.25) is 11.9 Å². The quantitative estimate of drug-likeness (QED) is 0.799. The Hall–Kier alpha value is -2.47. The van der Waals surface area contributed by atoms with Gasteiger partial charge in [-0.3, -0.25) is 9.69 Å². The highest BCUT2D eigenvalue weighted by molar-refractivity contribution is 5.95. The smallest absolute Gasteiger partial charge is 0.241 e. The first-order valence-electron chi connectivity index (χ1n) is 10.4. The molecule has 0 spiro atoms. The molecule has 6 nitrogen and oxygen atoms in total. The molecule has 0 atom stereocenters. The van der Waals surface area contributed by atoms with E-state index in [0.717, 1.165) is 50.7 Å². The number of benzene rings is 1. The van der Waals surface area contributed by atoms with Crippen LogP contribution in [0.15, 0.2) is 48.8 Å². The molecule has 1 saturated heterocycles.